The Morgan fingerprint density at radius 1 is 1.43 bits per heavy atom. The Labute approximate surface area is 143 Å². The number of amides is 1. The molecule has 2 rings (SSSR count). The van der Waals surface area contributed by atoms with Crippen molar-refractivity contribution in [3.05, 3.63) is 58.0 Å². The average molecular weight is 374 g/mol. The Bertz CT molecular complexity index is 759. The summed E-state index contributed by atoms with van der Waals surface area (Å²) in [4.78, 5) is 14.1. The van der Waals surface area contributed by atoms with Crippen LogP contribution in [-0.4, -0.2) is 20.0 Å². The highest BCUT2D eigenvalue weighted by molar-refractivity contribution is 9.10. The molecule has 0 atom stereocenters. The van der Waals surface area contributed by atoms with Crippen LogP contribution in [0.4, 0.5) is 5.69 Å². The standard InChI is InChI=1S/C17H16BrN3O2/c1-21(2)14-6-5-12(16(18)9-14)8-13(10-19)17(22)20-11-15-4-3-7-23-15/h3-9H,11H2,1-2H3,(H,20,22)/b13-8+. The minimum atomic E-state index is -0.438. The second-order valence-electron chi connectivity index (χ2n) is 5.03. The normalized spacial score (nSPS) is 11.0. The van der Waals surface area contributed by atoms with Gasteiger partial charge in [0, 0.05) is 24.3 Å². The molecule has 0 bridgehead atoms. The number of nitriles is 1. The predicted molar refractivity (Wildman–Crippen MR) is 92.6 cm³/mol. The van der Waals surface area contributed by atoms with Crippen molar-refractivity contribution in [2.75, 3.05) is 19.0 Å². The maximum absolute atomic E-state index is 12.1. The van der Waals surface area contributed by atoms with Crippen LogP contribution in [0, 0.1) is 11.3 Å². The van der Waals surface area contributed by atoms with Gasteiger partial charge in [0.1, 0.15) is 17.4 Å². The number of anilines is 1. The van der Waals surface area contributed by atoms with Crippen molar-refractivity contribution in [2.45, 2.75) is 6.54 Å². The molecule has 6 heteroatoms. The van der Waals surface area contributed by atoms with E-state index in [4.69, 9.17) is 4.42 Å². The molecule has 0 fully saturated rings. The molecule has 2 aromatic rings. The molecule has 0 aliphatic heterocycles. The predicted octanol–water partition coefficient (Wildman–Crippen LogP) is 3.33. The van der Waals surface area contributed by atoms with Crippen LogP contribution < -0.4 is 10.2 Å². The molecule has 23 heavy (non-hydrogen) atoms. The van der Waals surface area contributed by atoms with Gasteiger partial charge in [-0.1, -0.05) is 22.0 Å². The first-order chi connectivity index (χ1) is 11.0. The van der Waals surface area contributed by atoms with Gasteiger partial charge in [0.25, 0.3) is 5.91 Å². The number of halogens is 1. The van der Waals surface area contributed by atoms with Gasteiger partial charge in [-0.05, 0) is 35.9 Å². The second-order valence-corrected chi connectivity index (χ2v) is 5.89. The van der Waals surface area contributed by atoms with Crippen LogP contribution in [0.3, 0.4) is 0 Å². The first-order valence-electron chi connectivity index (χ1n) is 6.90. The molecule has 1 amide bonds. The molecule has 1 N–H and O–H groups in total. The Hall–Kier alpha value is -2.52. The highest BCUT2D eigenvalue weighted by atomic mass is 79.9. The van der Waals surface area contributed by atoms with E-state index in [9.17, 15) is 10.1 Å². The van der Waals surface area contributed by atoms with E-state index < -0.39 is 5.91 Å². The van der Waals surface area contributed by atoms with Crippen molar-refractivity contribution in [1.82, 2.24) is 5.32 Å². The summed E-state index contributed by atoms with van der Waals surface area (Å²) in [6, 6.07) is 11.1. The third-order valence-electron chi connectivity index (χ3n) is 3.17. The minimum absolute atomic E-state index is 0.0369. The van der Waals surface area contributed by atoms with Gasteiger partial charge in [0.15, 0.2) is 0 Å². The lowest BCUT2D eigenvalue weighted by Gasteiger charge is -2.13. The van der Waals surface area contributed by atoms with Crippen molar-refractivity contribution in [2.24, 2.45) is 0 Å². The van der Waals surface area contributed by atoms with Gasteiger partial charge in [-0.15, -0.1) is 0 Å². The fraction of sp³-hybridized carbons (Fsp3) is 0.176. The van der Waals surface area contributed by atoms with Crippen molar-refractivity contribution < 1.29 is 9.21 Å². The molecule has 0 unspecified atom stereocenters. The summed E-state index contributed by atoms with van der Waals surface area (Å²) in [5.74, 6) is 0.194. The van der Waals surface area contributed by atoms with Gasteiger partial charge in [-0.25, -0.2) is 0 Å². The van der Waals surface area contributed by atoms with E-state index in [1.165, 1.54) is 6.26 Å². The zero-order valence-electron chi connectivity index (χ0n) is 12.8. The number of hydrogen-bond acceptors (Lipinski definition) is 4. The molecular weight excluding hydrogens is 358 g/mol. The summed E-state index contributed by atoms with van der Waals surface area (Å²) in [5, 5.41) is 11.9. The van der Waals surface area contributed by atoms with Crippen LogP contribution in [0.5, 0.6) is 0 Å². The molecule has 118 valence electrons. The zero-order chi connectivity index (χ0) is 16.8. The van der Waals surface area contributed by atoms with E-state index in [-0.39, 0.29) is 12.1 Å². The number of furan rings is 1. The molecule has 0 saturated carbocycles. The number of carbonyl (C=O) groups is 1. The molecule has 0 radical (unpaired) electrons. The SMILES string of the molecule is CN(C)c1ccc(/C=C(\C#N)C(=O)NCc2ccco2)c(Br)c1. The summed E-state index contributed by atoms with van der Waals surface area (Å²) in [5.41, 5.74) is 1.82. The molecule has 0 aliphatic carbocycles. The molecular formula is C17H16BrN3O2. The Kier molecular flexibility index (Phi) is 5.61. The fourth-order valence-corrected chi connectivity index (χ4v) is 2.37. The maximum Gasteiger partial charge on any atom is 0.262 e. The van der Waals surface area contributed by atoms with Crippen LogP contribution in [0.15, 0.2) is 51.1 Å². The van der Waals surface area contributed by atoms with Gasteiger partial charge >= 0.3 is 0 Å². The fourth-order valence-electron chi connectivity index (χ4n) is 1.89. The van der Waals surface area contributed by atoms with E-state index in [1.807, 2.05) is 43.3 Å². The minimum Gasteiger partial charge on any atom is -0.467 e. The highest BCUT2D eigenvalue weighted by Crippen LogP contribution is 2.25. The van der Waals surface area contributed by atoms with Crippen molar-refractivity contribution in [1.29, 1.82) is 5.26 Å². The van der Waals surface area contributed by atoms with Gasteiger partial charge in [-0.2, -0.15) is 5.26 Å². The largest absolute Gasteiger partial charge is 0.467 e. The van der Waals surface area contributed by atoms with Crippen molar-refractivity contribution in [3.8, 4) is 6.07 Å². The summed E-state index contributed by atoms with van der Waals surface area (Å²) in [6.45, 7) is 0.242. The number of carbonyl (C=O) groups excluding carboxylic acids is 1. The zero-order valence-corrected chi connectivity index (χ0v) is 14.4. The third-order valence-corrected chi connectivity index (χ3v) is 3.86. The molecule has 1 aromatic carbocycles. The van der Waals surface area contributed by atoms with Crippen molar-refractivity contribution in [3.63, 3.8) is 0 Å². The highest BCUT2D eigenvalue weighted by Gasteiger charge is 2.11. The van der Waals surface area contributed by atoms with E-state index in [2.05, 4.69) is 21.2 Å². The van der Waals surface area contributed by atoms with Crippen LogP contribution in [0.1, 0.15) is 11.3 Å². The summed E-state index contributed by atoms with van der Waals surface area (Å²) >= 11 is 3.47. The monoisotopic (exact) mass is 373 g/mol. The Morgan fingerprint density at radius 2 is 2.22 bits per heavy atom. The van der Waals surface area contributed by atoms with Crippen LogP contribution in [-0.2, 0) is 11.3 Å². The number of nitrogens with one attached hydrogen (secondary N) is 1. The van der Waals surface area contributed by atoms with Gasteiger partial charge in [-0.3, -0.25) is 4.79 Å². The molecule has 0 spiro atoms. The maximum atomic E-state index is 12.1. The Balaban J connectivity index is 2.14. The molecule has 0 aliphatic rings. The third kappa shape index (κ3) is 4.47. The topological polar surface area (TPSA) is 69.3 Å². The van der Waals surface area contributed by atoms with Gasteiger partial charge < -0.3 is 14.6 Å². The molecule has 1 heterocycles. The molecule has 5 nitrogen and oxygen atoms in total. The van der Waals surface area contributed by atoms with Crippen LogP contribution in [0.2, 0.25) is 0 Å². The van der Waals surface area contributed by atoms with Crippen LogP contribution in [0.25, 0.3) is 6.08 Å². The number of hydrogen-bond donors (Lipinski definition) is 1. The lowest BCUT2D eigenvalue weighted by molar-refractivity contribution is -0.117. The average Bonchev–Trinajstić information content (AvgIpc) is 3.04. The Morgan fingerprint density at radius 3 is 2.78 bits per heavy atom. The second kappa shape index (κ2) is 7.65. The smallest absolute Gasteiger partial charge is 0.262 e. The quantitative estimate of drug-likeness (QED) is 0.644. The van der Waals surface area contributed by atoms with Gasteiger partial charge in [0.05, 0.1) is 12.8 Å². The first kappa shape index (κ1) is 16.8. The summed E-state index contributed by atoms with van der Waals surface area (Å²) in [7, 11) is 3.89. The van der Waals surface area contributed by atoms with E-state index >= 15 is 0 Å². The molecule has 1 aromatic heterocycles. The number of benzene rings is 1. The summed E-state index contributed by atoms with van der Waals surface area (Å²) < 4.78 is 5.96. The van der Waals surface area contributed by atoms with E-state index in [0.717, 1.165) is 15.7 Å². The van der Waals surface area contributed by atoms with Crippen LogP contribution >= 0.6 is 15.9 Å². The number of rotatable bonds is 5. The number of nitrogens with zero attached hydrogens (tertiary/aromatic N) is 2. The van der Waals surface area contributed by atoms with Gasteiger partial charge in [0.2, 0.25) is 0 Å². The van der Waals surface area contributed by atoms with E-state index in [1.54, 1.807) is 18.2 Å². The first-order valence-corrected chi connectivity index (χ1v) is 7.70. The lowest BCUT2D eigenvalue weighted by atomic mass is 10.1. The lowest BCUT2D eigenvalue weighted by Crippen LogP contribution is -2.23. The summed E-state index contributed by atoms with van der Waals surface area (Å²) in [6.07, 6.45) is 3.09. The van der Waals surface area contributed by atoms with Crippen molar-refractivity contribution >= 4 is 33.6 Å². The van der Waals surface area contributed by atoms with E-state index in [0.29, 0.717) is 5.76 Å². The molecule has 0 saturated heterocycles.